The first kappa shape index (κ1) is 14.3. The monoisotopic (exact) mass is 279 g/mol. The zero-order chi connectivity index (χ0) is 14.5. The van der Waals surface area contributed by atoms with Crippen molar-refractivity contribution >= 4 is 11.9 Å². The molecule has 1 saturated carbocycles. The second-order valence-corrected chi connectivity index (χ2v) is 5.03. The van der Waals surface area contributed by atoms with E-state index >= 15 is 0 Å². The third-order valence-electron chi connectivity index (χ3n) is 3.64. The summed E-state index contributed by atoms with van der Waals surface area (Å²) in [4.78, 5) is 34.1. The van der Waals surface area contributed by atoms with Crippen LogP contribution >= 0.6 is 0 Å². The summed E-state index contributed by atoms with van der Waals surface area (Å²) in [5.41, 5.74) is -0.407. The Hall–Kier alpha value is -2.11. The van der Waals surface area contributed by atoms with Crippen molar-refractivity contribution in [1.82, 2.24) is 5.32 Å². The van der Waals surface area contributed by atoms with Gasteiger partial charge in [-0.25, -0.2) is 9.59 Å². The molecule has 2 N–H and O–H groups in total. The smallest absolute Gasteiger partial charge is 0.335 e. The van der Waals surface area contributed by atoms with Gasteiger partial charge in [0.2, 0.25) is 0 Å². The van der Waals surface area contributed by atoms with Gasteiger partial charge in [-0.2, -0.15) is 0 Å². The van der Waals surface area contributed by atoms with Gasteiger partial charge in [0.05, 0.1) is 5.56 Å². The Kier molecular flexibility index (Phi) is 4.55. The molecule has 6 heteroatoms. The SMILES string of the molecule is O=C(NC(C(=O)O)C1CCCCC1)c1ccc(=O)oc1. The maximum absolute atomic E-state index is 12.0. The largest absolute Gasteiger partial charge is 0.480 e. The van der Waals surface area contributed by atoms with E-state index in [0.29, 0.717) is 0 Å². The van der Waals surface area contributed by atoms with Crippen molar-refractivity contribution in [3.63, 3.8) is 0 Å². The molecule has 1 unspecified atom stereocenters. The number of aliphatic carboxylic acids is 1. The van der Waals surface area contributed by atoms with Gasteiger partial charge in [-0.05, 0) is 24.8 Å². The quantitative estimate of drug-likeness (QED) is 0.868. The summed E-state index contributed by atoms with van der Waals surface area (Å²) < 4.78 is 4.60. The lowest BCUT2D eigenvalue weighted by atomic mass is 9.84. The predicted molar refractivity (Wildman–Crippen MR) is 70.4 cm³/mol. The molecule has 1 aliphatic rings. The first-order valence-electron chi connectivity index (χ1n) is 6.70. The molecule has 0 saturated heterocycles. The minimum Gasteiger partial charge on any atom is -0.480 e. The van der Waals surface area contributed by atoms with Crippen LogP contribution < -0.4 is 10.9 Å². The molecule has 108 valence electrons. The van der Waals surface area contributed by atoms with E-state index in [1.807, 2.05) is 0 Å². The van der Waals surface area contributed by atoms with Crippen LogP contribution in [-0.2, 0) is 4.79 Å². The summed E-state index contributed by atoms with van der Waals surface area (Å²) in [7, 11) is 0. The third-order valence-corrected chi connectivity index (χ3v) is 3.64. The minimum absolute atomic E-state index is 0.0408. The van der Waals surface area contributed by atoms with Crippen molar-refractivity contribution in [3.05, 3.63) is 34.4 Å². The van der Waals surface area contributed by atoms with Crippen LogP contribution in [0.4, 0.5) is 0 Å². The highest BCUT2D eigenvalue weighted by molar-refractivity contribution is 5.96. The van der Waals surface area contributed by atoms with Gasteiger partial charge in [-0.1, -0.05) is 19.3 Å². The summed E-state index contributed by atoms with van der Waals surface area (Å²) in [5, 5.41) is 11.8. The first-order valence-corrected chi connectivity index (χ1v) is 6.70. The first-order chi connectivity index (χ1) is 9.58. The molecule has 0 radical (unpaired) electrons. The molecule has 0 bridgehead atoms. The lowest BCUT2D eigenvalue weighted by Crippen LogP contribution is -2.46. The Labute approximate surface area is 115 Å². The summed E-state index contributed by atoms with van der Waals surface area (Å²) in [5.74, 6) is -1.60. The Morgan fingerprint density at radius 1 is 1.25 bits per heavy atom. The van der Waals surface area contributed by atoms with Crippen LogP contribution in [0.3, 0.4) is 0 Å². The Bertz CT molecular complexity index is 524. The predicted octanol–water partition coefficient (Wildman–Crippen LogP) is 1.40. The molecular weight excluding hydrogens is 262 g/mol. The van der Waals surface area contributed by atoms with Gasteiger partial charge in [0.1, 0.15) is 12.3 Å². The topological polar surface area (TPSA) is 96.6 Å². The molecule has 0 aromatic carbocycles. The summed E-state index contributed by atoms with van der Waals surface area (Å²) in [6.45, 7) is 0. The normalized spacial score (nSPS) is 17.4. The maximum atomic E-state index is 12.0. The van der Waals surface area contributed by atoms with Crippen molar-refractivity contribution in [2.24, 2.45) is 5.92 Å². The molecule has 2 rings (SSSR count). The number of amides is 1. The number of carboxylic acid groups (broad SMARTS) is 1. The number of carbonyl (C=O) groups excluding carboxylic acids is 1. The van der Waals surface area contributed by atoms with Gasteiger partial charge in [0.15, 0.2) is 0 Å². The standard InChI is InChI=1S/C14H17NO5/c16-11-7-6-10(8-20-11)13(17)15-12(14(18)19)9-4-2-1-3-5-9/h6-9,12H,1-5H2,(H,15,17)(H,18,19). The van der Waals surface area contributed by atoms with E-state index in [1.165, 1.54) is 6.07 Å². The van der Waals surface area contributed by atoms with E-state index in [0.717, 1.165) is 44.4 Å². The van der Waals surface area contributed by atoms with Crippen molar-refractivity contribution in [1.29, 1.82) is 0 Å². The average Bonchev–Trinajstić information content (AvgIpc) is 2.46. The van der Waals surface area contributed by atoms with Gasteiger partial charge >= 0.3 is 11.6 Å². The lowest BCUT2D eigenvalue weighted by Gasteiger charge is -2.27. The van der Waals surface area contributed by atoms with E-state index in [2.05, 4.69) is 9.73 Å². The van der Waals surface area contributed by atoms with Gasteiger partial charge in [0, 0.05) is 6.07 Å². The summed E-state index contributed by atoms with van der Waals surface area (Å²) in [6, 6.07) is 1.56. The molecular formula is C14H17NO5. The number of rotatable bonds is 4. The van der Waals surface area contributed by atoms with Crippen molar-refractivity contribution in [2.45, 2.75) is 38.1 Å². The highest BCUT2D eigenvalue weighted by Gasteiger charge is 2.30. The van der Waals surface area contributed by atoms with Gasteiger partial charge in [-0.15, -0.1) is 0 Å². The van der Waals surface area contributed by atoms with Gasteiger partial charge in [-0.3, -0.25) is 4.79 Å². The van der Waals surface area contributed by atoms with Crippen LogP contribution in [0.25, 0.3) is 0 Å². The molecule has 1 fully saturated rings. The Morgan fingerprint density at radius 3 is 2.50 bits per heavy atom. The molecule has 0 aliphatic heterocycles. The summed E-state index contributed by atoms with van der Waals surface area (Å²) >= 11 is 0. The second-order valence-electron chi connectivity index (χ2n) is 5.03. The molecule has 20 heavy (non-hydrogen) atoms. The van der Waals surface area contributed by atoms with Gasteiger partial charge in [0.25, 0.3) is 5.91 Å². The molecule has 1 atom stereocenters. The van der Waals surface area contributed by atoms with E-state index in [-0.39, 0.29) is 11.5 Å². The van der Waals surface area contributed by atoms with Crippen LogP contribution in [0.1, 0.15) is 42.5 Å². The fraction of sp³-hybridized carbons (Fsp3) is 0.500. The minimum atomic E-state index is -1.03. The van der Waals surface area contributed by atoms with Crippen LogP contribution in [0.5, 0.6) is 0 Å². The number of nitrogens with one attached hydrogen (secondary N) is 1. The summed E-state index contributed by atoms with van der Waals surface area (Å²) in [6.07, 6.45) is 5.75. The van der Waals surface area contributed by atoms with Crippen LogP contribution in [0, 0.1) is 5.92 Å². The number of hydrogen-bond donors (Lipinski definition) is 2. The zero-order valence-electron chi connectivity index (χ0n) is 11.0. The molecule has 1 amide bonds. The maximum Gasteiger partial charge on any atom is 0.335 e. The van der Waals surface area contributed by atoms with Crippen LogP contribution in [0.15, 0.2) is 27.6 Å². The fourth-order valence-corrected chi connectivity index (χ4v) is 2.56. The third kappa shape index (κ3) is 3.46. The number of hydrogen-bond acceptors (Lipinski definition) is 4. The Balaban J connectivity index is 2.07. The Morgan fingerprint density at radius 2 is 1.95 bits per heavy atom. The zero-order valence-corrected chi connectivity index (χ0v) is 11.0. The average molecular weight is 279 g/mol. The molecule has 0 spiro atoms. The molecule has 1 aromatic rings. The van der Waals surface area contributed by atoms with Crippen LogP contribution in [0.2, 0.25) is 0 Å². The second kappa shape index (κ2) is 6.36. The van der Waals surface area contributed by atoms with E-state index in [1.54, 1.807) is 0 Å². The molecule has 1 aliphatic carbocycles. The highest BCUT2D eigenvalue weighted by atomic mass is 16.4. The molecule has 6 nitrogen and oxygen atoms in total. The van der Waals surface area contributed by atoms with Crippen molar-refractivity contribution < 1.29 is 19.1 Å². The molecule has 1 heterocycles. The number of carbonyl (C=O) groups is 2. The van der Waals surface area contributed by atoms with Gasteiger partial charge < -0.3 is 14.8 Å². The van der Waals surface area contributed by atoms with Crippen molar-refractivity contribution in [2.75, 3.05) is 0 Å². The molecule has 1 aromatic heterocycles. The highest BCUT2D eigenvalue weighted by Crippen LogP contribution is 2.26. The number of carboxylic acids is 1. The van der Waals surface area contributed by atoms with Crippen LogP contribution in [-0.4, -0.2) is 23.0 Å². The van der Waals surface area contributed by atoms with E-state index in [4.69, 9.17) is 0 Å². The lowest BCUT2D eigenvalue weighted by molar-refractivity contribution is -0.141. The van der Waals surface area contributed by atoms with E-state index in [9.17, 15) is 19.5 Å². The fourth-order valence-electron chi connectivity index (χ4n) is 2.56. The van der Waals surface area contributed by atoms with E-state index < -0.39 is 23.5 Å². The van der Waals surface area contributed by atoms with Crippen molar-refractivity contribution in [3.8, 4) is 0 Å².